The molecule has 2 aromatic rings. The number of carboxylic acids is 1. The average molecular weight is 262 g/mol. The molecule has 0 saturated heterocycles. The monoisotopic (exact) mass is 262 g/mol. The first kappa shape index (κ1) is 13.1. The molecule has 0 aliphatic rings. The highest BCUT2D eigenvalue weighted by Crippen LogP contribution is 2.29. The molecule has 1 N–H and O–H groups in total. The normalized spacial score (nSPS) is 10.4. The van der Waals surface area contributed by atoms with Crippen LogP contribution in [0.1, 0.15) is 17.8 Å². The molecule has 0 saturated carbocycles. The summed E-state index contributed by atoms with van der Waals surface area (Å²) >= 11 is 0. The van der Waals surface area contributed by atoms with E-state index in [1.807, 2.05) is 25.1 Å². The number of aromatic nitrogens is 2. The van der Waals surface area contributed by atoms with Crippen molar-refractivity contribution in [2.75, 3.05) is 7.11 Å². The first-order valence-corrected chi connectivity index (χ1v) is 5.79. The Hall–Kier alpha value is -2.37. The summed E-state index contributed by atoms with van der Waals surface area (Å²) in [5.41, 5.74) is 1.75. The molecule has 0 unspecified atom stereocenters. The second kappa shape index (κ2) is 5.51. The van der Waals surface area contributed by atoms with E-state index in [0.717, 1.165) is 5.56 Å². The van der Waals surface area contributed by atoms with Crippen LogP contribution in [0.5, 0.6) is 5.75 Å². The number of benzene rings is 1. The standard InChI is InChI=1S/C13H14N2O4/c1-8-3-4-10(18-2)9(7-8)13-14-11(15-19-13)5-6-12(16)17/h3-4,7H,5-6H2,1-2H3,(H,16,17). The van der Waals surface area contributed by atoms with E-state index in [4.69, 9.17) is 14.4 Å². The maximum atomic E-state index is 10.5. The molecule has 0 spiro atoms. The molecule has 1 aromatic carbocycles. The Kier molecular flexibility index (Phi) is 3.79. The molecule has 0 amide bonds. The Morgan fingerprint density at radius 3 is 2.95 bits per heavy atom. The minimum atomic E-state index is -0.889. The number of hydrogen-bond acceptors (Lipinski definition) is 5. The third-order valence-electron chi connectivity index (χ3n) is 2.62. The highest BCUT2D eigenvalue weighted by Gasteiger charge is 2.14. The highest BCUT2D eigenvalue weighted by atomic mass is 16.5. The van der Waals surface area contributed by atoms with Gasteiger partial charge in [-0.25, -0.2) is 0 Å². The summed E-state index contributed by atoms with van der Waals surface area (Å²) in [5.74, 6) is 0.459. The van der Waals surface area contributed by atoms with Crippen LogP contribution < -0.4 is 4.74 Å². The van der Waals surface area contributed by atoms with Crippen molar-refractivity contribution in [3.8, 4) is 17.2 Å². The van der Waals surface area contributed by atoms with Crippen LogP contribution in [0, 0.1) is 6.92 Å². The van der Waals surface area contributed by atoms with E-state index >= 15 is 0 Å². The van der Waals surface area contributed by atoms with Gasteiger partial charge in [-0.1, -0.05) is 16.8 Å². The van der Waals surface area contributed by atoms with E-state index in [1.165, 1.54) is 0 Å². The molecular formula is C13H14N2O4. The van der Waals surface area contributed by atoms with Crippen molar-refractivity contribution in [3.05, 3.63) is 29.6 Å². The maximum Gasteiger partial charge on any atom is 0.303 e. The summed E-state index contributed by atoms with van der Waals surface area (Å²) < 4.78 is 10.4. The van der Waals surface area contributed by atoms with Gasteiger partial charge in [0.25, 0.3) is 5.89 Å². The Morgan fingerprint density at radius 2 is 2.26 bits per heavy atom. The second-order valence-electron chi connectivity index (χ2n) is 4.11. The first-order valence-electron chi connectivity index (χ1n) is 5.79. The number of carbonyl (C=O) groups is 1. The van der Waals surface area contributed by atoms with Gasteiger partial charge >= 0.3 is 5.97 Å². The van der Waals surface area contributed by atoms with Crippen LogP contribution in [0.25, 0.3) is 11.5 Å². The van der Waals surface area contributed by atoms with Gasteiger partial charge in [-0.3, -0.25) is 4.79 Å². The Morgan fingerprint density at radius 1 is 1.47 bits per heavy atom. The van der Waals surface area contributed by atoms with Crippen LogP contribution in [0.3, 0.4) is 0 Å². The van der Waals surface area contributed by atoms with E-state index in [2.05, 4.69) is 10.1 Å². The Balaban J connectivity index is 2.27. The van der Waals surface area contributed by atoms with Crippen molar-refractivity contribution < 1.29 is 19.2 Å². The molecule has 0 bridgehead atoms. The van der Waals surface area contributed by atoms with Crippen molar-refractivity contribution in [2.45, 2.75) is 19.8 Å². The molecular weight excluding hydrogens is 248 g/mol. The van der Waals surface area contributed by atoms with Gasteiger partial charge in [-0.15, -0.1) is 0 Å². The van der Waals surface area contributed by atoms with Crippen LogP contribution in [0.2, 0.25) is 0 Å². The van der Waals surface area contributed by atoms with E-state index in [-0.39, 0.29) is 12.8 Å². The fourth-order valence-corrected chi connectivity index (χ4v) is 1.67. The van der Waals surface area contributed by atoms with E-state index in [0.29, 0.717) is 23.0 Å². The van der Waals surface area contributed by atoms with Crippen LogP contribution in [0.15, 0.2) is 22.7 Å². The number of hydrogen-bond donors (Lipinski definition) is 1. The number of rotatable bonds is 5. The van der Waals surface area contributed by atoms with Gasteiger partial charge in [0.05, 0.1) is 19.1 Å². The number of methoxy groups -OCH3 is 1. The van der Waals surface area contributed by atoms with Crippen molar-refractivity contribution in [1.29, 1.82) is 0 Å². The van der Waals surface area contributed by atoms with Crippen molar-refractivity contribution >= 4 is 5.97 Å². The molecule has 0 aliphatic carbocycles. The molecule has 1 aromatic heterocycles. The maximum absolute atomic E-state index is 10.5. The van der Waals surface area contributed by atoms with Gasteiger partial charge in [0.1, 0.15) is 5.75 Å². The van der Waals surface area contributed by atoms with Gasteiger partial charge in [0, 0.05) is 6.42 Å². The lowest BCUT2D eigenvalue weighted by atomic mass is 10.1. The predicted molar refractivity (Wildman–Crippen MR) is 67.0 cm³/mol. The molecule has 2 rings (SSSR count). The quantitative estimate of drug-likeness (QED) is 0.887. The van der Waals surface area contributed by atoms with E-state index in [9.17, 15) is 4.79 Å². The van der Waals surface area contributed by atoms with Gasteiger partial charge < -0.3 is 14.4 Å². The number of aryl methyl sites for hydroxylation is 2. The molecule has 0 radical (unpaired) electrons. The zero-order valence-corrected chi connectivity index (χ0v) is 10.7. The number of carboxylic acid groups (broad SMARTS) is 1. The zero-order valence-electron chi connectivity index (χ0n) is 10.7. The summed E-state index contributed by atoms with van der Waals surface area (Å²) in [6.07, 6.45) is 0.219. The van der Waals surface area contributed by atoms with E-state index < -0.39 is 5.97 Å². The Labute approximate surface area is 110 Å². The summed E-state index contributed by atoms with van der Waals surface area (Å²) in [4.78, 5) is 14.7. The smallest absolute Gasteiger partial charge is 0.303 e. The third-order valence-corrected chi connectivity index (χ3v) is 2.62. The van der Waals surface area contributed by atoms with Gasteiger partial charge in [-0.05, 0) is 19.1 Å². The van der Waals surface area contributed by atoms with Gasteiger partial charge in [0.15, 0.2) is 5.82 Å². The van der Waals surface area contributed by atoms with Crippen molar-refractivity contribution in [1.82, 2.24) is 10.1 Å². The Bertz CT molecular complexity index is 592. The first-order chi connectivity index (χ1) is 9.10. The lowest BCUT2D eigenvalue weighted by Gasteiger charge is -2.05. The lowest BCUT2D eigenvalue weighted by Crippen LogP contribution is -1.98. The lowest BCUT2D eigenvalue weighted by molar-refractivity contribution is -0.137. The molecule has 0 aliphatic heterocycles. The van der Waals surface area contributed by atoms with Crippen molar-refractivity contribution in [2.24, 2.45) is 0 Å². The topological polar surface area (TPSA) is 85.5 Å². The third kappa shape index (κ3) is 3.09. The zero-order chi connectivity index (χ0) is 13.8. The molecule has 0 fully saturated rings. The molecule has 19 heavy (non-hydrogen) atoms. The SMILES string of the molecule is COc1ccc(C)cc1-c1nc(CCC(=O)O)no1. The van der Waals surface area contributed by atoms with Crippen LogP contribution in [-0.2, 0) is 11.2 Å². The summed E-state index contributed by atoms with van der Waals surface area (Å²) in [6.45, 7) is 1.95. The van der Waals surface area contributed by atoms with Crippen molar-refractivity contribution in [3.63, 3.8) is 0 Å². The molecule has 100 valence electrons. The number of ether oxygens (including phenoxy) is 1. The predicted octanol–water partition coefficient (Wildman–Crippen LogP) is 2.07. The molecule has 0 atom stereocenters. The minimum absolute atomic E-state index is 0.0239. The van der Waals surface area contributed by atoms with Crippen LogP contribution >= 0.6 is 0 Å². The summed E-state index contributed by atoms with van der Waals surface area (Å²) in [7, 11) is 1.57. The average Bonchev–Trinajstić information content (AvgIpc) is 2.85. The molecule has 6 heteroatoms. The van der Waals surface area contributed by atoms with Gasteiger partial charge in [0.2, 0.25) is 0 Å². The van der Waals surface area contributed by atoms with Gasteiger partial charge in [-0.2, -0.15) is 4.98 Å². The largest absolute Gasteiger partial charge is 0.496 e. The molecule has 1 heterocycles. The fraction of sp³-hybridized carbons (Fsp3) is 0.308. The molecule has 6 nitrogen and oxygen atoms in total. The number of aliphatic carboxylic acids is 1. The van der Waals surface area contributed by atoms with Crippen LogP contribution in [-0.4, -0.2) is 28.3 Å². The second-order valence-corrected chi connectivity index (χ2v) is 4.11. The highest BCUT2D eigenvalue weighted by molar-refractivity contribution is 5.67. The minimum Gasteiger partial charge on any atom is -0.496 e. The fourth-order valence-electron chi connectivity index (χ4n) is 1.67. The van der Waals surface area contributed by atoms with Crippen LogP contribution in [0.4, 0.5) is 0 Å². The summed E-state index contributed by atoms with van der Waals surface area (Å²) in [5, 5.41) is 12.4. The number of nitrogens with zero attached hydrogens (tertiary/aromatic N) is 2. The summed E-state index contributed by atoms with van der Waals surface area (Å²) in [6, 6.07) is 5.63. The van der Waals surface area contributed by atoms with E-state index in [1.54, 1.807) is 7.11 Å².